The molecule has 0 spiro atoms. The molecule has 0 aliphatic carbocycles. The van der Waals surface area contributed by atoms with Crippen LogP contribution in [0.3, 0.4) is 0 Å². The minimum atomic E-state index is -0.233. The van der Waals surface area contributed by atoms with Crippen molar-refractivity contribution in [1.29, 1.82) is 5.26 Å². The van der Waals surface area contributed by atoms with E-state index in [1.165, 1.54) is 24.0 Å². The normalized spacial score (nSPS) is 9.88. The van der Waals surface area contributed by atoms with Crippen molar-refractivity contribution in [3.05, 3.63) is 51.4 Å². The van der Waals surface area contributed by atoms with E-state index in [4.69, 9.17) is 16.9 Å². The number of halogens is 1. The second-order valence-corrected chi connectivity index (χ2v) is 4.50. The lowest BCUT2D eigenvalue weighted by Crippen LogP contribution is -2.05. The third-order valence-electron chi connectivity index (χ3n) is 1.94. The fraction of sp³-hybridized carbons (Fsp3) is 0. The number of aromatic nitrogens is 2. The highest BCUT2D eigenvalue weighted by Crippen LogP contribution is 2.30. The number of rotatable bonds is 2. The molecule has 0 atom stereocenters. The third kappa shape index (κ3) is 2.67. The minimum Gasteiger partial charge on any atom is -0.301 e. The first-order valence-corrected chi connectivity index (χ1v) is 5.82. The van der Waals surface area contributed by atoms with Crippen LogP contribution < -0.4 is 5.56 Å². The summed E-state index contributed by atoms with van der Waals surface area (Å²) in [6.45, 7) is 0. The van der Waals surface area contributed by atoms with E-state index in [0.717, 1.165) is 0 Å². The Balaban J connectivity index is 2.41. The Labute approximate surface area is 106 Å². The number of hydrogen-bond donors (Lipinski definition) is 1. The zero-order chi connectivity index (χ0) is 12.3. The number of nitrogens with one attached hydrogen (secondary N) is 1. The van der Waals surface area contributed by atoms with E-state index in [-0.39, 0.29) is 5.56 Å². The van der Waals surface area contributed by atoms with Crippen molar-refractivity contribution >= 4 is 23.4 Å². The molecule has 0 aliphatic rings. The van der Waals surface area contributed by atoms with Gasteiger partial charge in [-0.3, -0.25) is 4.79 Å². The van der Waals surface area contributed by atoms with E-state index in [1.54, 1.807) is 18.2 Å². The fourth-order valence-electron chi connectivity index (χ4n) is 1.21. The van der Waals surface area contributed by atoms with Crippen molar-refractivity contribution in [1.82, 2.24) is 9.97 Å². The topological polar surface area (TPSA) is 69.5 Å². The number of aromatic amines is 1. The van der Waals surface area contributed by atoms with Crippen LogP contribution >= 0.6 is 23.4 Å². The van der Waals surface area contributed by atoms with Crippen molar-refractivity contribution in [2.24, 2.45) is 0 Å². The molecule has 17 heavy (non-hydrogen) atoms. The molecule has 0 unspecified atom stereocenters. The SMILES string of the molecule is N#Cc1c(Cl)cccc1Sc1nccc(=O)[nH]1. The Morgan fingerprint density at radius 1 is 1.41 bits per heavy atom. The molecule has 84 valence electrons. The Morgan fingerprint density at radius 3 is 2.94 bits per heavy atom. The van der Waals surface area contributed by atoms with E-state index in [2.05, 4.69) is 9.97 Å². The van der Waals surface area contributed by atoms with Crippen molar-refractivity contribution in [3.63, 3.8) is 0 Å². The Kier molecular flexibility index (Phi) is 3.47. The van der Waals surface area contributed by atoms with Gasteiger partial charge in [0.25, 0.3) is 5.56 Å². The van der Waals surface area contributed by atoms with Crippen molar-refractivity contribution in [2.45, 2.75) is 10.1 Å². The Hall–Kier alpha value is -1.77. The number of benzene rings is 1. The van der Waals surface area contributed by atoms with Crippen LogP contribution in [0.4, 0.5) is 0 Å². The van der Waals surface area contributed by atoms with Crippen LogP contribution in [0.25, 0.3) is 0 Å². The van der Waals surface area contributed by atoms with Gasteiger partial charge in [0.2, 0.25) is 0 Å². The molecule has 0 bridgehead atoms. The van der Waals surface area contributed by atoms with Gasteiger partial charge in [0, 0.05) is 17.2 Å². The van der Waals surface area contributed by atoms with Crippen molar-refractivity contribution in [3.8, 4) is 6.07 Å². The van der Waals surface area contributed by atoms with Gasteiger partial charge in [-0.25, -0.2) is 4.98 Å². The lowest BCUT2D eigenvalue weighted by Gasteiger charge is -2.03. The summed E-state index contributed by atoms with van der Waals surface area (Å²) in [6.07, 6.45) is 1.41. The van der Waals surface area contributed by atoms with Crippen LogP contribution in [0.2, 0.25) is 5.02 Å². The molecule has 1 aromatic heterocycles. The zero-order valence-corrected chi connectivity index (χ0v) is 10.0. The molecule has 1 N–H and O–H groups in total. The highest BCUT2D eigenvalue weighted by atomic mass is 35.5. The second kappa shape index (κ2) is 5.04. The molecule has 1 heterocycles. The van der Waals surface area contributed by atoms with Gasteiger partial charge in [-0.1, -0.05) is 29.4 Å². The lowest BCUT2D eigenvalue weighted by molar-refractivity contribution is 0.936. The van der Waals surface area contributed by atoms with Gasteiger partial charge in [0.05, 0.1) is 10.6 Å². The van der Waals surface area contributed by atoms with Crippen LogP contribution in [0, 0.1) is 11.3 Å². The monoisotopic (exact) mass is 263 g/mol. The van der Waals surface area contributed by atoms with Gasteiger partial charge in [-0.15, -0.1) is 0 Å². The summed E-state index contributed by atoms with van der Waals surface area (Å²) in [5.74, 6) is 0. The predicted octanol–water partition coefficient (Wildman–Crippen LogP) is 2.45. The third-order valence-corrected chi connectivity index (χ3v) is 3.22. The summed E-state index contributed by atoms with van der Waals surface area (Å²) in [5.41, 5.74) is 0.147. The number of H-pyrrole nitrogens is 1. The fourth-order valence-corrected chi connectivity index (χ4v) is 2.36. The first-order valence-electron chi connectivity index (χ1n) is 4.62. The van der Waals surface area contributed by atoms with Crippen LogP contribution in [0.15, 0.2) is 45.3 Å². The molecule has 0 saturated heterocycles. The minimum absolute atomic E-state index is 0.233. The van der Waals surface area contributed by atoms with E-state index in [9.17, 15) is 4.79 Å². The molecule has 0 radical (unpaired) electrons. The van der Waals surface area contributed by atoms with Gasteiger partial charge in [0.15, 0.2) is 5.16 Å². The number of hydrogen-bond acceptors (Lipinski definition) is 4. The number of nitrogens with zero attached hydrogens (tertiary/aromatic N) is 2. The molecule has 2 rings (SSSR count). The Morgan fingerprint density at radius 2 is 2.24 bits per heavy atom. The Bertz CT molecular complexity index is 648. The predicted molar refractivity (Wildman–Crippen MR) is 65.1 cm³/mol. The smallest absolute Gasteiger partial charge is 0.251 e. The largest absolute Gasteiger partial charge is 0.301 e. The van der Waals surface area contributed by atoms with Gasteiger partial charge in [0.1, 0.15) is 6.07 Å². The summed E-state index contributed by atoms with van der Waals surface area (Å²) in [7, 11) is 0. The standard InChI is InChI=1S/C11H6ClN3OS/c12-8-2-1-3-9(7(8)6-13)17-11-14-5-4-10(16)15-11/h1-5H,(H,14,15,16). The average molecular weight is 264 g/mol. The molecular formula is C11H6ClN3OS. The average Bonchev–Trinajstić information content (AvgIpc) is 2.29. The van der Waals surface area contributed by atoms with E-state index >= 15 is 0 Å². The molecule has 2 aromatic rings. The van der Waals surface area contributed by atoms with Crippen molar-refractivity contribution in [2.75, 3.05) is 0 Å². The molecule has 6 heteroatoms. The van der Waals surface area contributed by atoms with Crippen LogP contribution in [0.5, 0.6) is 0 Å². The zero-order valence-electron chi connectivity index (χ0n) is 8.48. The van der Waals surface area contributed by atoms with E-state index in [0.29, 0.717) is 20.6 Å². The van der Waals surface area contributed by atoms with Gasteiger partial charge in [-0.2, -0.15) is 5.26 Å². The van der Waals surface area contributed by atoms with E-state index in [1.807, 2.05) is 6.07 Å². The molecule has 0 fully saturated rings. The summed E-state index contributed by atoms with van der Waals surface area (Å²) >= 11 is 7.09. The second-order valence-electron chi connectivity index (χ2n) is 3.07. The summed E-state index contributed by atoms with van der Waals surface area (Å²) in [5, 5.41) is 9.80. The highest BCUT2D eigenvalue weighted by molar-refractivity contribution is 7.99. The molecule has 0 aliphatic heterocycles. The first kappa shape index (κ1) is 11.7. The number of nitriles is 1. The van der Waals surface area contributed by atoms with Crippen LogP contribution in [-0.2, 0) is 0 Å². The van der Waals surface area contributed by atoms with Crippen molar-refractivity contribution < 1.29 is 0 Å². The lowest BCUT2D eigenvalue weighted by atomic mass is 10.2. The molecule has 1 aromatic carbocycles. The van der Waals surface area contributed by atoms with Crippen LogP contribution in [0.1, 0.15) is 5.56 Å². The molecular weight excluding hydrogens is 258 g/mol. The van der Waals surface area contributed by atoms with Gasteiger partial charge < -0.3 is 4.98 Å². The van der Waals surface area contributed by atoms with Gasteiger partial charge >= 0.3 is 0 Å². The van der Waals surface area contributed by atoms with E-state index < -0.39 is 0 Å². The molecule has 0 saturated carbocycles. The molecule has 4 nitrogen and oxygen atoms in total. The first-order chi connectivity index (χ1) is 8.20. The maximum atomic E-state index is 11.1. The maximum Gasteiger partial charge on any atom is 0.251 e. The summed E-state index contributed by atoms with van der Waals surface area (Å²) < 4.78 is 0. The van der Waals surface area contributed by atoms with Crippen LogP contribution in [-0.4, -0.2) is 9.97 Å². The highest BCUT2D eigenvalue weighted by Gasteiger charge is 2.08. The molecule has 0 amide bonds. The quantitative estimate of drug-likeness (QED) is 0.845. The maximum absolute atomic E-state index is 11.1. The van der Waals surface area contributed by atoms with Gasteiger partial charge in [-0.05, 0) is 12.1 Å². The summed E-state index contributed by atoms with van der Waals surface area (Å²) in [6, 6.07) is 8.49. The summed E-state index contributed by atoms with van der Waals surface area (Å²) in [4.78, 5) is 18.3.